The molecule has 1 nitrogen and oxygen atoms in total. The fourth-order valence-electron chi connectivity index (χ4n) is 3.96. The maximum absolute atomic E-state index is 6.58. The summed E-state index contributed by atoms with van der Waals surface area (Å²) in [5.74, 6) is 0. The number of rotatable bonds is 8. The molecule has 0 N–H and O–H groups in total. The Balaban J connectivity index is 2.07. The van der Waals surface area contributed by atoms with Gasteiger partial charge in [-0.1, -0.05) is 0 Å². The van der Waals surface area contributed by atoms with Crippen LogP contribution in [0.1, 0.15) is 27.2 Å². The molecule has 3 aromatic rings. The number of benzene rings is 3. The van der Waals surface area contributed by atoms with Gasteiger partial charge in [-0.05, 0) is 0 Å². The van der Waals surface area contributed by atoms with Gasteiger partial charge in [0.05, 0.1) is 0 Å². The van der Waals surface area contributed by atoms with E-state index in [0.29, 0.717) is 0 Å². The first-order valence-electron chi connectivity index (χ1n) is 11.1. The number of hydrogen-bond donors (Lipinski definition) is 0. The standard InChI is InChI=1S/C27H36BrOPSi/c1-27(2,3)31(4,5)29-22-15-23-30(28,24-16-9-6-10-17-24,25-18-11-7-12-19-25)26-20-13-8-14-21-26/h6-14,16-21H,15,22-23H2,1-5H3. The average Bonchev–Trinajstić information content (AvgIpc) is 2.78. The van der Waals surface area contributed by atoms with Gasteiger partial charge in [0.25, 0.3) is 0 Å². The van der Waals surface area contributed by atoms with E-state index in [1.165, 1.54) is 15.9 Å². The summed E-state index contributed by atoms with van der Waals surface area (Å²) in [4.78, 5) is 0. The van der Waals surface area contributed by atoms with Gasteiger partial charge in [0.2, 0.25) is 0 Å². The van der Waals surface area contributed by atoms with Crippen molar-refractivity contribution < 1.29 is 4.43 Å². The quantitative estimate of drug-likeness (QED) is 0.175. The van der Waals surface area contributed by atoms with Crippen LogP contribution in [0.3, 0.4) is 0 Å². The van der Waals surface area contributed by atoms with Crippen molar-refractivity contribution >= 4 is 45.0 Å². The van der Waals surface area contributed by atoms with Crippen molar-refractivity contribution in [3.05, 3.63) is 91.0 Å². The predicted molar refractivity (Wildman–Crippen MR) is 147 cm³/mol. The molecule has 0 aliphatic carbocycles. The minimum atomic E-state index is -2.83. The van der Waals surface area contributed by atoms with Gasteiger partial charge in [0.15, 0.2) is 0 Å². The van der Waals surface area contributed by atoms with E-state index in [9.17, 15) is 0 Å². The number of hydrogen-bond acceptors (Lipinski definition) is 1. The van der Waals surface area contributed by atoms with Crippen molar-refractivity contribution in [2.75, 3.05) is 12.8 Å². The average molecular weight is 516 g/mol. The van der Waals surface area contributed by atoms with Crippen molar-refractivity contribution in [1.29, 1.82) is 0 Å². The van der Waals surface area contributed by atoms with Crippen LogP contribution < -0.4 is 15.9 Å². The van der Waals surface area contributed by atoms with E-state index in [0.717, 1.165) is 19.2 Å². The van der Waals surface area contributed by atoms with Crippen molar-refractivity contribution in [2.24, 2.45) is 0 Å². The van der Waals surface area contributed by atoms with Gasteiger partial charge in [0, 0.05) is 0 Å². The third-order valence-electron chi connectivity index (χ3n) is 6.88. The summed E-state index contributed by atoms with van der Waals surface area (Å²) in [5.41, 5.74) is 0. The normalized spacial score (nSPS) is 14.1. The monoisotopic (exact) mass is 514 g/mol. The Morgan fingerprint density at radius 1 is 0.710 bits per heavy atom. The first-order valence-corrected chi connectivity index (χ1v) is 18.5. The summed E-state index contributed by atoms with van der Waals surface area (Å²) in [6, 6.07) is 33.0. The molecule has 31 heavy (non-hydrogen) atoms. The Labute approximate surface area is 198 Å². The van der Waals surface area contributed by atoms with E-state index in [1.807, 2.05) is 0 Å². The van der Waals surface area contributed by atoms with Gasteiger partial charge >= 0.3 is 199 Å². The van der Waals surface area contributed by atoms with Gasteiger partial charge in [-0.25, -0.2) is 0 Å². The van der Waals surface area contributed by atoms with Gasteiger partial charge in [-0.15, -0.1) is 0 Å². The zero-order chi connectivity index (χ0) is 22.6. The van der Waals surface area contributed by atoms with Crippen molar-refractivity contribution in [2.45, 2.75) is 45.3 Å². The molecule has 0 saturated heterocycles. The van der Waals surface area contributed by atoms with Gasteiger partial charge < -0.3 is 0 Å². The molecule has 3 aromatic carbocycles. The van der Waals surface area contributed by atoms with E-state index in [-0.39, 0.29) is 5.04 Å². The second-order valence-corrected chi connectivity index (χ2v) is 23.7. The molecule has 0 saturated carbocycles. The molecule has 0 amide bonds. The minimum absolute atomic E-state index is 0.227. The molecule has 0 fully saturated rings. The second-order valence-electron chi connectivity index (χ2n) is 9.88. The molecule has 0 aliphatic heterocycles. The van der Waals surface area contributed by atoms with Gasteiger partial charge in [-0.3, -0.25) is 0 Å². The van der Waals surface area contributed by atoms with E-state index in [1.54, 1.807) is 0 Å². The molecule has 0 radical (unpaired) electrons. The molecule has 4 heteroatoms. The van der Waals surface area contributed by atoms with Crippen LogP contribution in [0.4, 0.5) is 0 Å². The topological polar surface area (TPSA) is 9.23 Å². The summed E-state index contributed by atoms with van der Waals surface area (Å²) < 4.78 is 6.58. The second kappa shape index (κ2) is 9.31. The molecule has 0 unspecified atom stereocenters. The summed E-state index contributed by atoms with van der Waals surface area (Å²) >= 11 is 4.52. The SMILES string of the molecule is CC(C)(C)[Si](C)(C)OCCCP(Br)(c1ccccc1)(c1ccccc1)c1ccccc1. The molecule has 0 atom stereocenters. The zero-order valence-corrected chi connectivity index (χ0v) is 23.0. The van der Waals surface area contributed by atoms with Crippen LogP contribution in [0, 0.1) is 0 Å². The third-order valence-corrected chi connectivity index (χ3v) is 21.4. The van der Waals surface area contributed by atoms with E-state index < -0.39 is 13.6 Å². The van der Waals surface area contributed by atoms with Crippen molar-refractivity contribution in [1.82, 2.24) is 0 Å². The maximum atomic E-state index is 6.58. The molecule has 3 rings (SSSR count). The molecule has 0 spiro atoms. The fourth-order valence-corrected chi connectivity index (χ4v) is 12.7. The van der Waals surface area contributed by atoms with E-state index in [4.69, 9.17) is 4.43 Å². The Hall–Kier alpha value is -1.25. The zero-order valence-electron chi connectivity index (χ0n) is 19.5. The molecule has 166 valence electrons. The molecule has 0 heterocycles. The molecular formula is C27H36BrOPSi. The van der Waals surface area contributed by atoms with Gasteiger partial charge in [-0.2, -0.15) is 0 Å². The summed E-state index contributed by atoms with van der Waals surface area (Å²) in [5, 5.41) is 1.51. The summed E-state index contributed by atoms with van der Waals surface area (Å²) in [6.07, 6.45) is 2.03. The van der Waals surface area contributed by atoms with E-state index in [2.05, 4.69) is 140 Å². The van der Waals surface area contributed by atoms with Crippen molar-refractivity contribution in [3.63, 3.8) is 0 Å². The third kappa shape index (κ3) is 4.76. The van der Waals surface area contributed by atoms with Crippen molar-refractivity contribution in [3.8, 4) is 0 Å². The predicted octanol–water partition coefficient (Wildman–Crippen LogP) is 7.24. The van der Waals surface area contributed by atoms with Crippen LogP contribution in [0.5, 0.6) is 0 Å². The molecule has 0 bridgehead atoms. The fraction of sp³-hybridized carbons (Fsp3) is 0.333. The molecule has 0 aromatic heterocycles. The van der Waals surface area contributed by atoms with Crippen LogP contribution in [0.15, 0.2) is 91.0 Å². The van der Waals surface area contributed by atoms with E-state index >= 15 is 0 Å². The Morgan fingerprint density at radius 2 is 1.06 bits per heavy atom. The molecular weight excluding hydrogens is 479 g/mol. The first kappa shape index (κ1) is 24.4. The van der Waals surface area contributed by atoms with Crippen LogP contribution >= 0.6 is 20.8 Å². The summed E-state index contributed by atoms with van der Waals surface area (Å²) in [7, 11) is -1.76. The van der Waals surface area contributed by atoms with Crippen LogP contribution in [-0.2, 0) is 4.43 Å². The number of halogens is 1. The Kier molecular flexibility index (Phi) is 7.33. The van der Waals surface area contributed by atoms with Gasteiger partial charge in [0.1, 0.15) is 0 Å². The van der Waals surface area contributed by atoms with Crippen LogP contribution in [0.2, 0.25) is 18.1 Å². The Bertz CT molecular complexity index is 869. The van der Waals surface area contributed by atoms with Crippen LogP contribution in [0.25, 0.3) is 0 Å². The first-order chi connectivity index (χ1) is 14.6. The van der Waals surface area contributed by atoms with Crippen LogP contribution in [-0.4, -0.2) is 21.1 Å². The summed E-state index contributed by atoms with van der Waals surface area (Å²) in [6.45, 7) is 12.4. The molecule has 0 aliphatic rings. The Morgan fingerprint density at radius 3 is 1.39 bits per heavy atom.